The summed E-state index contributed by atoms with van der Waals surface area (Å²) in [6.45, 7) is 16.1. The normalized spacial score (nSPS) is 15.2. The molecule has 172 valence electrons. The highest BCUT2D eigenvalue weighted by Crippen LogP contribution is 2.55. The summed E-state index contributed by atoms with van der Waals surface area (Å²) in [5.74, 6) is 0.122. The first-order valence-electron chi connectivity index (χ1n) is 10.8. The fourth-order valence-electron chi connectivity index (χ4n) is 3.36. The lowest BCUT2D eigenvalue weighted by Gasteiger charge is -2.31. The lowest BCUT2D eigenvalue weighted by atomic mass is 9.79. The molecule has 6 nitrogen and oxygen atoms in total. The molecule has 0 saturated heterocycles. The molecule has 2 N–H and O–H groups in total. The standard InChI is InChI=1S/C24H37N2O4P/c1-9-21(26-17-12-11-13-25-16-17)31(28,29-10-2)30-18-14-19(23(3,4)5)22(27)20(15-18)24(6,7)8/h11-16,21,26-27H,9-10H2,1-8H3. The Morgan fingerprint density at radius 3 is 2.10 bits per heavy atom. The molecule has 31 heavy (non-hydrogen) atoms. The van der Waals surface area contributed by atoms with E-state index in [4.69, 9.17) is 9.05 Å². The number of pyridine rings is 1. The number of phenols is 1. The van der Waals surface area contributed by atoms with Crippen molar-refractivity contribution in [2.24, 2.45) is 0 Å². The summed E-state index contributed by atoms with van der Waals surface area (Å²) in [5.41, 5.74) is 1.58. The first kappa shape index (κ1) is 25.2. The molecule has 0 aliphatic rings. The number of anilines is 1. The number of aromatic hydroxyl groups is 1. The molecule has 0 bridgehead atoms. The van der Waals surface area contributed by atoms with E-state index in [1.165, 1.54) is 0 Å². The molecule has 2 unspecified atom stereocenters. The van der Waals surface area contributed by atoms with Crippen molar-refractivity contribution >= 4 is 13.3 Å². The molecule has 1 aromatic carbocycles. The van der Waals surface area contributed by atoms with Gasteiger partial charge in [0.1, 0.15) is 17.3 Å². The van der Waals surface area contributed by atoms with Crippen LogP contribution in [0.4, 0.5) is 5.69 Å². The SMILES string of the molecule is CCOP(=O)(Oc1cc(C(C)(C)C)c(O)c(C(C)(C)C)c1)C(CC)Nc1cccnc1. The summed E-state index contributed by atoms with van der Waals surface area (Å²) in [5, 5.41) is 14.2. The number of benzene rings is 1. The van der Waals surface area contributed by atoms with Gasteiger partial charge in [-0.1, -0.05) is 48.5 Å². The third kappa shape index (κ3) is 6.24. The van der Waals surface area contributed by atoms with Gasteiger partial charge in [-0.2, -0.15) is 0 Å². The number of nitrogens with one attached hydrogen (secondary N) is 1. The maximum absolute atomic E-state index is 13.9. The van der Waals surface area contributed by atoms with Crippen LogP contribution in [0, 0.1) is 0 Å². The molecule has 0 radical (unpaired) electrons. The minimum atomic E-state index is -3.60. The molecule has 0 saturated carbocycles. The van der Waals surface area contributed by atoms with Gasteiger partial charge in [-0.25, -0.2) is 4.57 Å². The Bertz CT molecular complexity index is 882. The molecule has 0 aliphatic heterocycles. The van der Waals surface area contributed by atoms with Crippen LogP contribution in [0.25, 0.3) is 0 Å². The Morgan fingerprint density at radius 1 is 1.10 bits per heavy atom. The highest BCUT2D eigenvalue weighted by Gasteiger charge is 2.37. The first-order valence-corrected chi connectivity index (χ1v) is 12.4. The molecule has 2 rings (SSSR count). The lowest BCUT2D eigenvalue weighted by Crippen LogP contribution is -2.23. The van der Waals surface area contributed by atoms with E-state index >= 15 is 0 Å². The predicted octanol–water partition coefficient (Wildman–Crippen LogP) is 6.84. The van der Waals surface area contributed by atoms with Crippen molar-refractivity contribution in [2.45, 2.75) is 78.4 Å². The molecule has 1 heterocycles. The quantitative estimate of drug-likeness (QED) is 0.430. The molecular weight excluding hydrogens is 411 g/mol. The van der Waals surface area contributed by atoms with Gasteiger partial charge < -0.3 is 14.9 Å². The maximum Gasteiger partial charge on any atom is 0.401 e. The van der Waals surface area contributed by atoms with Crippen LogP contribution in [-0.4, -0.2) is 22.5 Å². The van der Waals surface area contributed by atoms with E-state index in [-0.39, 0.29) is 23.2 Å². The fourth-order valence-corrected chi connectivity index (χ4v) is 5.23. The van der Waals surface area contributed by atoms with Gasteiger partial charge in [-0.15, -0.1) is 0 Å². The second kappa shape index (κ2) is 9.62. The molecule has 7 heteroatoms. The third-order valence-corrected chi connectivity index (χ3v) is 7.35. The van der Waals surface area contributed by atoms with E-state index in [0.29, 0.717) is 12.2 Å². The van der Waals surface area contributed by atoms with Crippen LogP contribution in [0.1, 0.15) is 72.9 Å². The number of rotatable bonds is 8. The van der Waals surface area contributed by atoms with Crippen LogP contribution >= 0.6 is 7.60 Å². The number of hydrogen-bond donors (Lipinski definition) is 2. The third-order valence-electron chi connectivity index (χ3n) is 5.00. The Labute approximate surface area is 186 Å². The topological polar surface area (TPSA) is 80.7 Å². The van der Waals surface area contributed by atoms with Gasteiger partial charge >= 0.3 is 7.60 Å². The van der Waals surface area contributed by atoms with E-state index < -0.39 is 13.4 Å². The maximum atomic E-state index is 13.9. The second-order valence-electron chi connectivity index (χ2n) is 9.73. The lowest BCUT2D eigenvalue weighted by molar-refractivity contribution is 0.271. The molecular formula is C24H37N2O4P. The van der Waals surface area contributed by atoms with E-state index in [1.54, 1.807) is 31.5 Å². The highest BCUT2D eigenvalue weighted by molar-refractivity contribution is 7.55. The first-order chi connectivity index (χ1) is 14.3. The Morgan fingerprint density at radius 2 is 1.68 bits per heavy atom. The summed E-state index contributed by atoms with van der Waals surface area (Å²) in [4.78, 5) is 4.11. The van der Waals surface area contributed by atoms with Crippen LogP contribution in [0.5, 0.6) is 11.5 Å². The van der Waals surface area contributed by atoms with E-state index in [2.05, 4.69) is 10.3 Å². The molecule has 0 fully saturated rings. The largest absolute Gasteiger partial charge is 0.507 e. The van der Waals surface area contributed by atoms with E-state index in [0.717, 1.165) is 16.8 Å². The van der Waals surface area contributed by atoms with Gasteiger partial charge in [0.15, 0.2) is 0 Å². The Kier molecular flexibility index (Phi) is 7.83. The summed E-state index contributed by atoms with van der Waals surface area (Å²) in [6.07, 6.45) is 3.89. The molecule has 0 spiro atoms. The van der Waals surface area contributed by atoms with Gasteiger partial charge in [0.25, 0.3) is 0 Å². The van der Waals surface area contributed by atoms with Crippen LogP contribution < -0.4 is 9.84 Å². The van der Waals surface area contributed by atoms with Crippen molar-refractivity contribution in [3.8, 4) is 11.5 Å². The van der Waals surface area contributed by atoms with Crippen LogP contribution in [0.15, 0.2) is 36.7 Å². The zero-order chi connectivity index (χ0) is 23.4. The Hall–Kier alpha value is -2.04. The van der Waals surface area contributed by atoms with Crippen LogP contribution in [0.3, 0.4) is 0 Å². The van der Waals surface area contributed by atoms with Crippen molar-refractivity contribution in [3.63, 3.8) is 0 Å². The summed E-state index contributed by atoms with van der Waals surface area (Å²) in [6, 6.07) is 7.22. The second-order valence-corrected chi connectivity index (χ2v) is 11.9. The minimum Gasteiger partial charge on any atom is -0.507 e. The highest BCUT2D eigenvalue weighted by atomic mass is 31.2. The van der Waals surface area contributed by atoms with Crippen molar-refractivity contribution in [1.82, 2.24) is 4.98 Å². The van der Waals surface area contributed by atoms with Crippen molar-refractivity contribution in [1.29, 1.82) is 0 Å². The average molecular weight is 449 g/mol. The van der Waals surface area contributed by atoms with E-state index in [9.17, 15) is 9.67 Å². The molecule has 2 aromatic rings. The zero-order valence-corrected chi connectivity index (χ0v) is 20.9. The molecule has 2 atom stereocenters. The van der Waals surface area contributed by atoms with Crippen molar-refractivity contribution in [3.05, 3.63) is 47.8 Å². The number of aromatic nitrogens is 1. The summed E-state index contributed by atoms with van der Waals surface area (Å²) < 4.78 is 25.8. The Balaban J connectivity index is 2.53. The van der Waals surface area contributed by atoms with Crippen molar-refractivity contribution < 1.29 is 18.7 Å². The van der Waals surface area contributed by atoms with Gasteiger partial charge in [-0.05, 0) is 48.4 Å². The number of phenolic OH excluding ortho intramolecular Hbond substituents is 1. The monoisotopic (exact) mass is 448 g/mol. The number of hydrogen-bond acceptors (Lipinski definition) is 6. The molecule has 0 amide bonds. The van der Waals surface area contributed by atoms with Gasteiger partial charge in [0, 0.05) is 23.5 Å². The average Bonchev–Trinajstić information content (AvgIpc) is 2.66. The smallest absolute Gasteiger partial charge is 0.401 e. The summed E-state index contributed by atoms with van der Waals surface area (Å²) in [7, 11) is -3.60. The minimum absolute atomic E-state index is 0.249. The van der Waals surface area contributed by atoms with Crippen LogP contribution in [-0.2, 0) is 19.9 Å². The van der Waals surface area contributed by atoms with Crippen LogP contribution in [0.2, 0.25) is 0 Å². The molecule has 0 aliphatic carbocycles. The number of nitrogens with zero attached hydrogens (tertiary/aromatic N) is 1. The summed E-state index contributed by atoms with van der Waals surface area (Å²) >= 11 is 0. The van der Waals surface area contributed by atoms with Crippen molar-refractivity contribution in [2.75, 3.05) is 11.9 Å². The zero-order valence-electron chi connectivity index (χ0n) is 20.0. The fraction of sp³-hybridized carbons (Fsp3) is 0.542. The molecule has 1 aromatic heterocycles. The van der Waals surface area contributed by atoms with E-state index in [1.807, 2.05) is 60.6 Å². The van der Waals surface area contributed by atoms with Gasteiger partial charge in [0.05, 0.1) is 12.3 Å². The predicted molar refractivity (Wildman–Crippen MR) is 127 cm³/mol. The van der Waals surface area contributed by atoms with Gasteiger partial charge in [-0.3, -0.25) is 9.51 Å². The van der Waals surface area contributed by atoms with Gasteiger partial charge in [0.2, 0.25) is 0 Å².